The summed E-state index contributed by atoms with van der Waals surface area (Å²) < 4.78 is 28.7. The van der Waals surface area contributed by atoms with Gasteiger partial charge in [-0.15, -0.1) is 0 Å². The number of hydrogen-bond donors (Lipinski definition) is 0. The molecule has 0 N–H and O–H groups in total. The molecule has 0 bridgehead atoms. The Morgan fingerprint density at radius 2 is 1.83 bits per heavy atom. The predicted octanol–water partition coefficient (Wildman–Crippen LogP) is 2.16. The van der Waals surface area contributed by atoms with Crippen LogP contribution in [0, 0.1) is 0 Å². The van der Waals surface area contributed by atoms with Crippen LogP contribution in [0.15, 0.2) is 11.4 Å². The van der Waals surface area contributed by atoms with Crippen molar-refractivity contribution in [1.82, 2.24) is 14.9 Å². The van der Waals surface area contributed by atoms with Crippen LogP contribution >= 0.6 is 0 Å². The normalized spacial score (nSPS) is 16.3. The number of nitrogens with zero attached hydrogens (tertiary/aromatic N) is 3. The van der Waals surface area contributed by atoms with E-state index in [0.29, 0.717) is 18.7 Å². The average molecular weight is 341 g/mol. The van der Waals surface area contributed by atoms with Crippen molar-refractivity contribution in [2.45, 2.75) is 50.6 Å². The van der Waals surface area contributed by atoms with Crippen LogP contribution in [0.25, 0.3) is 0 Å². The van der Waals surface area contributed by atoms with E-state index in [9.17, 15) is 13.2 Å². The zero-order valence-corrected chi connectivity index (χ0v) is 14.8. The fraction of sp³-hybridized carbons (Fsp3) is 0.667. The lowest BCUT2D eigenvalue weighted by atomic mass is 9.89. The van der Waals surface area contributed by atoms with E-state index >= 15 is 0 Å². The molecular formula is C15H23N3O4S. The molecule has 0 atom stereocenters. The molecule has 8 heteroatoms. The summed E-state index contributed by atoms with van der Waals surface area (Å²) in [4.78, 5) is 21.8. The van der Waals surface area contributed by atoms with E-state index in [1.54, 1.807) is 4.90 Å². The molecule has 0 saturated carbocycles. The summed E-state index contributed by atoms with van der Waals surface area (Å²) in [5.41, 5.74) is 0.211. The number of rotatable bonds is 2. The van der Waals surface area contributed by atoms with Gasteiger partial charge >= 0.3 is 6.09 Å². The van der Waals surface area contributed by atoms with Gasteiger partial charge in [-0.1, -0.05) is 20.8 Å². The van der Waals surface area contributed by atoms with Crippen molar-refractivity contribution in [2.75, 3.05) is 19.3 Å². The van der Waals surface area contributed by atoms with Crippen LogP contribution in [0.5, 0.6) is 5.88 Å². The minimum absolute atomic E-state index is 0.0171. The van der Waals surface area contributed by atoms with Crippen molar-refractivity contribution in [2.24, 2.45) is 0 Å². The first-order valence-electron chi connectivity index (χ1n) is 7.63. The summed E-state index contributed by atoms with van der Waals surface area (Å²) in [6.45, 7) is 7.06. The van der Waals surface area contributed by atoms with Gasteiger partial charge in [0.05, 0.1) is 0 Å². The summed E-state index contributed by atoms with van der Waals surface area (Å²) in [6, 6.07) is 0. The highest BCUT2D eigenvalue weighted by atomic mass is 32.2. The number of piperidine rings is 1. The molecule has 0 aromatic carbocycles. The molecule has 1 aliphatic heterocycles. The van der Waals surface area contributed by atoms with Gasteiger partial charge < -0.3 is 9.64 Å². The second-order valence-corrected chi connectivity index (χ2v) is 8.72. The number of likely N-dealkylation sites (tertiary alicyclic amines) is 1. The molecular weight excluding hydrogens is 318 g/mol. The van der Waals surface area contributed by atoms with Crippen LogP contribution in [-0.4, -0.2) is 48.7 Å². The average Bonchev–Trinajstić information content (AvgIpc) is 2.46. The van der Waals surface area contributed by atoms with Gasteiger partial charge in [0.15, 0.2) is 0 Å². The molecule has 2 heterocycles. The molecule has 7 nitrogen and oxygen atoms in total. The minimum atomic E-state index is -3.58. The first-order valence-corrected chi connectivity index (χ1v) is 9.52. The van der Waals surface area contributed by atoms with Gasteiger partial charge in [0, 0.05) is 31.1 Å². The van der Waals surface area contributed by atoms with Gasteiger partial charge in [-0.05, 0) is 24.7 Å². The highest BCUT2D eigenvalue weighted by Gasteiger charge is 2.27. The van der Waals surface area contributed by atoms with Gasteiger partial charge in [0.25, 0.3) is 0 Å². The molecule has 2 rings (SSSR count). The van der Waals surface area contributed by atoms with Crippen LogP contribution in [0.3, 0.4) is 0 Å². The van der Waals surface area contributed by atoms with E-state index in [-0.39, 0.29) is 16.5 Å². The molecule has 1 amide bonds. The Labute approximate surface area is 137 Å². The summed E-state index contributed by atoms with van der Waals surface area (Å²) in [5, 5.41) is -0.341. The smallest absolute Gasteiger partial charge is 0.391 e. The third-order valence-electron chi connectivity index (χ3n) is 3.67. The van der Waals surface area contributed by atoms with E-state index < -0.39 is 15.9 Å². The monoisotopic (exact) mass is 341 g/mol. The zero-order valence-electron chi connectivity index (χ0n) is 14.0. The summed E-state index contributed by atoms with van der Waals surface area (Å²) in [6.07, 6.45) is 4.94. The number of hydrogen-bond acceptors (Lipinski definition) is 6. The van der Waals surface area contributed by atoms with E-state index in [0.717, 1.165) is 25.5 Å². The third-order valence-corrected chi connectivity index (χ3v) is 4.53. The number of aromatic nitrogens is 2. The third kappa shape index (κ3) is 4.40. The topological polar surface area (TPSA) is 89.5 Å². The van der Waals surface area contributed by atoms with Crippen LogP contribution in [-0.2, 0) is 15.3 Å². The summed E-state index contributed by atoms with van der Waals surface area (Å²) in [5.74, 6) is 0.0171. The fourth-order valence-electron chi connectivity index (χ4n) is 2.35. The quantitative estimate of drug-likeness (QED) is 0.766. The molecule has 1 saturated heterocycles. The maximum atomic E-state index is 12.3. The molecule has 0 spiro atoms. The van der Waals surface area contributed by atoms with Crippen molar-refractivity contribution >= 4 is 15.9 Å². The highest BCUT2D eigenvalue weighted by molar-refractivity contribution is 7.90. The Morgan fingerprint density at radius 1 is 1.22 bits per heavy atom. The zero-order chi connectivity index (χ0) is 17.3. The Kier molecular flexibility index (Phi) is 4.93. The van der Waals surface area contributed by atoms with E-state index in [2.05, 4.69) is 9.97 Å². The molecule has 128 valence electrons. The Balaban J connectivity index is 2.35. The number of carbonyl (C=O) groups is 1. The second kappa shape index (κ2) is 6.43. The lowest BCUT2D eigenvalue weighted by molar-refractivity contribution is 0.139. The lowest BCUT2D eigenvalue weighted by Gasteiger charge is -2.27. The van der Waals surface area contributed by atoms with Crippen LogP contribution in [0.1, 0.15) is 45.6 Å². The van der Waals surface area contributed by atoms with Crippen LogP contribution in [0.2, 0.25) is 0 Å². The first kappa shape index (κ1) is 17.7. The van der Waals surface area contributed by atoms with Gasteiger partial charge in [-0.25, -0.2) is 18.2 Å². The lowest BCUT2D eigenvalue weighted by Crippen LogP contribution is -2.38. The maximum absolute atomic E-state index is 12.3. The molecule has 0 radical (unpaired) electrons. The van der Waals surface area contributed by atoms with Crippen molar-refractivity contribution in [3.8, 4) is 5.88 Å². The van der Waals surface area contributed by atoms with Gasteiger partial charge in [0.2, 0.25) is 20.9 Å². The van der Waals surface area contributed by atoms with Gasteiger partial charge in [0.1, 0.15) is 0 Å². The van der Waals surface area contributed by atoms with Gasteiger partial charge in [-0.3, -0.25) is 0 Å². The minimum Gasteiger partial charge on any atom is -0.391 e. The largest absolute Gasteiger partial charge is 0.416 e. The van der Waals surface area contributed by atoms with Crippen molar-refractivity contribution in [3.63, 3.8) is 0 Å². The van der Waals surface area contributed by atoms with E-state index in [1.165, 1.54) is 6.20 Å². The second-order valence-electron chi connectivity index (χ2n) is 6.81. The predicted molar refractivity (Wildman–Crippen MR) is 85.3 cm³/mol. The van der Waals surface area contributed by atoms with Crippen molar-refractivity contribution in [3.05, 3.63) is 11.8 Å². The molecule has 0 unspecified atom stereocenters. The SMILES string of the molecule is CC(C)(C)c1cnc(S(C)(=O)=O)nc1OC(=O)N1CCCCC1. The number of amides is 1. The van der Waals surface area contributed by atoms with E-state index in [4.69, 9.17) is 4.74 Å². The standard InChI is InChI=1S/C15H23N3O4S/c1-15(2,3)11-10-16-13(23(4,20)21)17-12(11)22-14(19)18-8-6-5-7-9-18/h10H,5-9H2,1-4H3. The maximum Gasteiger partial charge on any atom is 0.416 e. The Bertz CT molecular complexity index is 689. The summed E-state index contributed by atoms with van der Waals surface area (Å²) >= 11 is 0. The molecule has 1 aliphatic rings. The number of sulfone groups is 1. The molecule has 1 fully saturated rings. The first-order chi connectivity index (χ1) is 10.6. The Morgan fingerprint density at radius 3 is 2.35 bits per heavy atom. The van der Waals surface area contributed by atoms with Crippen molar-refractivity contribution in [1.29, 1.82) is 0 Å². The molecule has 1 aromatic heterocycles. The Hall–Kier alpha value is -1.70. The molecule has 1 aromatic rings. The van der Waals surface area contributed by atoms with E-state index in [1.807, 2.05) is 20.8 Å². The van der Waals surface area contributed by atoms with Gasteiger partial charge in [-0.2, -0.15) is 4.98 Å². The van der Waals surface area contributed by atoms with Crippen LogP contribution in [0.4, 0.5) is 4.79 Å². The molecule has 23 heavy (non-hydrogen) atoms. The number of ether oxygens (including phenoxy) is 1. The van der Waals surface area contributed by atoms with Crippen LogP contribution < -0.4 is 4.74 Å². The van der Waals surface area contributed by atoms with Crippen molar-refractivity contribution < 1.29 is 17.9 Å². The highest BCUT2D eigenvalue weighted by Crippen LogP contribution is 2.30. The fourth-order valence-corrected chi connectivity index (χ4v) is 2.84. The number of carbonyl (C=O) groups excluding carboxylic acids is 1. The molecule has 0 aliphatic carbocycles. The summed E-state index contributed by atoms with van der Waals surface area (Å²) in [7, 11) is -3.58.